The van der Waals surface area contributed by atoms with E-state index in [4.69, 9.17) is 0 Å². The van der Waals surface area contributed by atoms with Gasteiger partial charge in [-0.1, -0.05) is 26.0 Å². The van der Waals surface area contributed by atoms with E-state index in [1.165, 1.54) is 24.3 Å². The van der Waals surface area contributed by atoms with Crippen LogP contribution in [0.2, 0.25) is 0 Å². The number of ketones is 1. The fraction of sp³-hybridized carbons (Fsp3) is 0.368. The van der Waals surface area contributed by atoms with E-state index in [1.54, 1.807) is 0 Å². The molecule has 1 aliphatic heterocycles. The van der Waals surface area contributed by atoms with Gasteiger partial charge in [-0.15, -0.1) is 13.2 Å². The molecular formula is C19H18F3N3O3. The minimum Gasteiger partial charge on any atom is -0.406 e. The molecule has 6 nitrogen and oxygen atoms in total. The van der Waals surface area contributed by atoms with Crippen molar-refractivity contribution in [3.05, 3.63) is 57.0 Å². The average Bonchev–Trinajstić information content (AvgIpc) is 2.92. The van der Waals surface area contributed by atoms with Gasteiger partial charge in [0, 0.05) is 23.6 Å². The number of aromatic nitrogens is 2. The van der Waals surface area contributed by atoms with Gasteiger partial charge in [-0.25, -0.2) is 0 Å². The molecule has 1 aromatic heterocycles. The summed E-state index contributed by atoms with van der Waals surface area (Å²) in [5.41, 5.74) is 1.49. The topological polar surface area (TPSA) is 87.0 Å². The Balaban J connectivity index is 1.81. The fourth-order valence-corrected chi connectivity index (χ4v) is 4.01. The number of hydrogen-bond acceptors (Lipinski definition) is 4. The number of hydrogen-bond donors (Lipinski definition) is 3. The Hall–Kier alpha value is -2.97. The molecule has 0 amide bonds. The molecule has 9 heteroatoms. The largest absolute Gasteiger partial charge is 0.573 e. The molecule has 0 bridgehead atoms. The third-order valence-corrected chi connectivity index (χ3v) is 5.04. The van der Waals surface area contributed by atoms with Gasteiger partial charge in [0.2, 0.25) is 0 Å². The highest BCUT2D eigenvalue weighted by Crippen LogP contribution is 2.47. The van der Waals surface area contributed by atoms with Crippen molar-refractivity contribution >= 4 is 11.6 Å². The second-order valence-corrected chi connectivity index (χ2v) is 7.88. The van der Waals surface area contributed by atoms with Crippen LogP contribution in [-0.4, -0.2) is 22.3 Å². The predicted octanol–water partition coefficient (Wildman–Crippen LogP) is 3.80. The van der Waals surface area contributed by atoms with Gasteiger partial charge in [-0.2, -0.15) is 0 Å². The van der Waals surface area contributed by atoms with Crippen molar-refractivity contribution < 1.29 is 22.7 Å². The summed E-state index contributed by atoms with van der Waals surface area (Å²) < 4.78 is 41.2. The number of carbonyl (C=O) groups excluding carboxylic acids is 1. The number of benzene rings is 1. The van der Waals surface area contributed by atoms with Crippen LogP contribution in [0.5, 0.6) is 5.75 Å². The molecule has 1 unspecified atom stereocenters. The molecule has 1 aromatic carbocycles. The highest BCUT2D eigenvalue weighted by molar-refractivity contribution is 6.01. The minimum absolute atomic E-state index is 0.0781. The van der Waals surface area contributed by atoms with E-state index in [-0.39, 0.29) is 22.5 Å². The van der Waals surface area contributed by atoms with E-state index in [9.17, 15) is 22.8 Å². The van der Waals surface area contributed by atoms with Crippen molar-refractivity contribution in [2.75, 3.05) is 5.32 Å². The van der Waals surface area contributed by atoms with E-state index < -0.39 is 12.3 Å². The maximum Gasteiger partial charge on any atom is 0.573 e. The summed E-state index contributed by atoms with van der Waals surface area (Å²) in [6, 6.07) is 5.27. The molecule has 28 heavy (non-hydrogen) atoms. The summed E-state index contributed by atoms with van der Waals surface area (Å²) in [5.74, 6) is -0.635. The lowest BCUT2D eigenvalue weighted by atomic mass is 9.69. The number of rotatable bonds is 2. The number of ether oxygens (including phenoxy) is 1. The summed E-state index contributed by atoms with van der Waals surface area (Å²) in [5, 5.41) is 8.43. The highest BCUT2D eigenvalue weighted by Gasteiger charge is 2.42. The number of allylic oxidation sites excluding steroid dienone is 2. The van der Waals surface area contributed by atoms with Gasteiger partial charge in [0.25, 0.3) is 5.56 Å². The molecule has 2 aliphatic rings. The van der Waals surface area contributed by atoms with Gasteiger partial charge < -0.3 is 10.1 Å². The zero-order valence-corrected chi connectivity index (χ0v) is 15.2. The van der Waals surface area contributed by atoms with Gasteiger partial charge >= 0.3 is 6.36 Å². The van der Waals surface area contributed by atoms with E-state index in [2.05, 4.69) is 20.3 Å². The molecule has 0 saturated heterocycles. The van der Waals surface area contributed by atoms with Gasteiger partial charge in [0.05, 0.1) is 5.56 Å². The number of H-pyrrole nitrogens is 2. The number of halogens is 3. The van der Waals surface area contributed by atoms with Gasteiger partial charge in [0.15, 0.2) is 5.78 Å². The third-order valence-electron chi connectivity index (χ3n) is 5.04. The number of anilines is 1. The van der Waals surface area contributed by atoms with Crippen LogP contribution in [0.25, 0.3) is 0 Å². The molecule has 3 N–H and O–H groups in total. The molecule has 0 saturated carbocycles. The van der Waals surface area contributed by atoms with Gasteiger partial charge in [-0.3, -0.25) is 19.8 Å². The first-order valence-electron chi connectivity index (χ1n) is 8.74. The Morgan fingerprint density at radius 2 is 1.75 bits per heavy atom. The summed E-state index contributed by atoms with van der Waals surface area (Å²) in [4.78, 5) is 25.3. The first-order valence-corrected chi connectivity index (χ1v) is 8.74. The molecule has 4 rings (SSSR count). The van der Waals surface area contributed by atoms with Crippen molar-refractivity contribution in [2.45, 2.75) is 39.0 Å². The number of carbonyl (C=O) groups is 1. The average molecular weight is 393 g/mol. The summed E-state index contributed by atoms with van der Waals surface area (Å²) in [7, 11) is 0. The van der Waals surface area contributed by atoms with Crippen LogP contribution in [0.4, 0.5) is 19.0 Å². The molecule has 2 aromatic rings. The lowest BCUT2D eigenvalue weighted by Gasteiger charge is -2.37. The zero-order chi connectivity index (χ0) is 20.3. The lowest BCUT2D eigenvalue weighted by Crippen LogP contribution is -2.34. The Labute approximate surface area is 157 Å². The Bertz CT molecular complexity index is 1030. The molecule has 1 aliphatic carbocycles. The second kappa shape index (κ2) is 6.02. The quantitative estimate of drug-likeness (QED) is 0.724. The van der Waals surface area contributed by atoms with Crippen molar-refractivity contribution in [1.82, 2.24) is 10.2 Å². The Kier molecular flexibility index (Phi) is 3.95. The van der Waals surface area contributed by atoms with Crippen molar-refractivity contribution in [1.29, 1.82) is 0 Å². The van der Waals surface area contributed by atoms with Crippen LogP contribution in [0.3, 0.4) is 0 Å². The molecule has 0 radical (unpaired) electrons. The first kappa shape index (κ1) is 18.4. The van der Waals surface area contributed by atoms with Crippen LogP contribution < -0.4 is 15.6 Å². The smallest absolute Gasteiger partial charge is 0.406 e. The van der Waals surface area contributed by atoms with Gasteiger partial charge in [-0.05, 0) is 29.5 Å². The molecule has 1 atom stereocenters. The van der Waals surface area contributed by atoms with E-state index in [0.717, 1.165) is 5.70 Å². The normalized spacial score (nSPS) is 21.0. The zero-order valence-electron chi connectivity index (χ0n) is 15.2. The molecule has 0 fully saturated rings. The number of Topliss-reactive ketones (excluding diaryl/α,β-unsaturated/α-hetero) is 1. The van der Waals surface area contributed by atoms with Crippen molar-refractivity contribution in [3.8, 4) is 5.75 Å². The maximum atomic E-state index is 12.9. The van der Waals surface area contributed by atoms with E-state index in [0.29, 0.717) is 35.4 Å². The van der Waals surface area contributed by atoms with Crippen molar-refractivity contribution in [2.24, 2.45) is 5.41 Å². The van der Waals surface area contributed by atoms with E-state index >= 15 is 0 Å². The standard InChI is InChI=1S/C19H18F3N3O3/c1-18(2)7-11-14(12(26)8-18)13(15-16(23-11)24-25-17(15)27)9-3-5-10(6-4-9)28-19(20,21)22/h3-6,13H,7-8H2,1-2H3,(H3,23,24,25,27). The fourth-order valence-electron chi connectivity index (χ4n) is 4.01. The monoisotopic (exact) mass is 393 g/mol. The van der Waals surface area contributed by atoms with Crippen LogP contribution >= 0.6 is 0 Å². The number of alkyl halides is 3. The van der Waals surface area contributed by atoms with Crippen molar-refractivity contribution in [3.63, 3.8) is 0 Å². The SMILES string of the molecule is CC1(C)CC(=O)C2=C(C1)Nc1[nH][nH]c(=O)c1C2c1ccc(OC(F)(F)F)cc1. The number of nitrogens with one attached hydrogen (secondary N) is 3. The second-order valence-electron chi connectivity index (χ2n) is 7.88. The number of aromatic amines is 2. The third kappa shape index (κ3) is 3.21. The molecule has 2 heterocycles. The Morgan fingerprint density at radius 3 is 2.39 bits per heavy atom. The molecular weight excluding hydrogens is 375 g/mol. The molecule has 148 valence electrons. The van der Waals surface area contributed by atoms with Crippen LogP contribution in [-0.2, 0) is 4.79 Å². The lowest BCUT2D eigenvalue weighted by molar-refractivity contribution is -0.274. The summed E-state index contributed by atoms with van der Waals surface area (Å²) in [6.45, 7) is 3.98. The van der Waals surface area contributed by atoms with Crippen LogP contribution in [0, 0.1) is 5.41 Å². The first-order chi connectivity index (χ1) is 13.0. The number of fused-ring (bicyclic) bond motifs is 1. The summed E-state index contributed by atoms with van der Waals surface area (Å²) in [6.07, 6.45) is -3.84. The van der Waals surface area contributed by atoms with Crippen LogP contribution in [0.1, 0.15) is 43.7 Å². The predicted molar refractivity (Wildman–Crippen MR) is 95.1 cm³/mol. The Morgan fingerprint density at radius 1 is 1.07 bits per heavy atom. The highest BCUT2D eigenvalue weighted by atomic mass is 19.4. The summed E-state index contributed by atoms with van der Waals surface area (Å²) >= 11 is 0. The molecule has 0 spiro atoms. The van der Waals surface area contributed by atoms with Gasteiger partial charge in [0.1, 0.15) is 11.6 Å². The van der Waals surface area contributed by atoms with Crippen LogP contribution in [0.15, 0.2) is 40.3 Å². The maximum absolute atomic E-state index is 12.9. The minimum atomic E-state index is -4.79. The van der Waals surface area contributed by atoms with E-state index in [1.807, 2.05) is 13.8 Å².